The summed E-state index contributed by atoms with van der Waals surface area (Å²) in [4.78, 5) is 10.9. The first-order valence-corrected chi connectivity index (χ1v) is 8.60. The summed E-state index contributed by atoms with van der Waals surface area (Å²) in [6.45, 7) is 1.60. The molecule has 0 amide bonds. The van der Waals surface area contributed by atoms with Crippen LogP contribution in [0.3, 0.4) is 0 Å². The van der Waals surface area contributed by atoms with Crippen molar-refractivity contribution in [3.05, 3.63) is 101 Å². The lowest BCUT2D eigenvalue weighted by molar-refractivity contribution is 0.0697. The van der Waals surface area contributed by atoms with Gasteiger partial charge in [0.25, 0.3) is 0 Å². The maximum Gasteiger partial charge on any atom is 0.335 e. The van der Waals surface area contributed by atoms with Gasteiger partial charge in [0.05, 0.1) is 5.56 Å². The molecule has 0 saturated carbocycles. The molecule has 0 bridgehead atoms. The predicted octanol–water partition coefficient (Wildman–Crippen LogP) is 4.81. The first-order chi connectivity index (χ1) is 13.1. The molecule has 3 aromatic carbocycles. The van der Waals surface area contributed by atoms with Crippen LogP contribution in [0.1, 0.15) is 27.0 Å². The number of para-hydroxylation sites is 1. The first-order valence-electron chi connectivity index (χ1n) is 8.60. The van der Waals surface area contributed by atoms with Crippen LogP contribution in [0.25, 0.3) is 0 Å². The second-order valence-corrected chi connectivity index (χ2v) is 6.13. The lowest BCUT2D eigenvalue weighted by Gasteiger charge is -2.12. The standard InChI is InChI=1S/C22H20FNO3.ClH/c23-20-11-7-17(8-12-20)15-27-21-4-2-1-3-19(21)14-24-13-16-5-9-18(10-6-16)22(25)26;/h1-12,24H,13-15H2,(H,25,26);1H. The van der Waals surface area contributed by atoms with Crippen molar-refractivity contribution in [2.24, 2.45) is 0 Å². The molecule has 146 valence electrons. The average Bonchev–Trinajstić information content (AvgIpc) is 2.69. The van der Waals surface area contributed by atoms with E-state index in [1.165, 1.54) is 12.1 Å². The summed E-state index contributed by atoms with van der Waals surface area (Å²) in [5.74, 6) is -0.419. The third kappa shape index (κ3) is 6.08. The van der Waals surface area contributed by atoms with E-state index in [4.69, 9.17) is 9.84 Å². The van der Waals surface area contributed by atoms with E-state index in [9.17, 15) is 9.18 Å². The van der Waals surface area contributed by atoms with Gasteiger partial charge in [-0.3, -0.25) is 0 Å². The van der Waals surface area contributed by atoms with Crippen LogP contribution in [0.4, 0.5) is 4.39 Å². The molecule has 0 aromatic heterocycles. The minimum Gasteiger partial charge on any atom is -0.489 e. The van der Waals surface area contributed by atoms with Crippen LogP contribution >= 0.6 is 12.4 Å². The van der Waals surface area contributed by atoms with Crippen molar-refractivity contribution in [1.82, 2.24) is 5.32 Å². The molecular formula is C22H21ClFNO3. The number of rotatable bonds is 8. The Kier molecular flexibility index (Phi) is 7.99. The molecule has 28 heavy (non-hydrogen) atoms. The number of carbonyl (C=O) groups is 1. The lowest BCUT2D eigenvalue weighted by Crippen LogP contribution is -2.13. The van der Waals surface area contributed by atoms with Crippen LogP contribution in [0.5, 0.6) is 5.75 Å². The van der Waals surface area contributed by atoms with Gasteiger partial charge < -0.3 is 15.2 Å². The number of hydrogen-bond acceptors (Lipinski definition) is 3. The smallest absolute Gasteiger partial charge is 0.335 e. The number of hydrogen-bond donors (Lipinski definition) is 2. The molecule has 0 fully saturated rings. The summed E-state index contributed by atoms with van der Waals surface area (Å²) in [7, 11) is 0. The molecule has 0 saturated heterocycles. The molecule has 0 heterocycles. The van der Waals surface area contributed by atoms with Crippen molar-refractivity contribution >= 4 is 18.4 Å². The summed E-state index contributed by atoms with van der Waals surface area (Å²) in [5, 5.41) is 12.3. The zero-order chi connectivity index (χ0) is 19.1. The van der Waals surface area contributed by atoms with Crippen LogP contribution in [-0.2, 0) is 19.7 Å². The monoisotopic (exact) mass is 401 g/mol. The highest BCUT2D eigenvalue weighted by atomic mass is 35.5. The molecule has 0 unspecified atom stereocenters. The third-order valence-electron chi connectivity index (χ3n) is 4.13. The van der Waals surface area contributed by atoms with E-state index in [1.54, 1.807) is 36.4 Å². The average molecular weight is 402 g/mol. The Hall–Kier alpha value is -2.89. The molecule has 0 aliphatic carbocycles. The molecular weight excluding hydrogens is 381 g/mol. The van der Waals surface area contributed by atoms with Gasteiger partial charge in [-0.1, -0.05) is 42.5 Å². The van der Waals surface area contributed by atoms with Crippen LogP contribution < -0.4 is 10.1 Å². The van der Waals surface area contributed by atoms with Crippen molar-refractivity contribution in [1.29, 1.82) is 0 Å². The molecule has 0 radical (unpaired) electrons. The third-order valence-corrected chi connectivity index (χ3v) is 4.13. The number of carboxylic acid groups (broad SMARTS) is 1. The minimum absolute atomic E-state index is 0. The summed E-state index contributed by atoms with van der Waals surface area (Å²) in [5.41, 5.74) is 3.20. The molecule has 0 aliphatic heterocycles. The highest BCUT2D eigenvalue weighted by Crippen LogP contribution is 2.19. The largest absolute Gasteiger partial charge is 0.489 e. The van der Waals surface area contributed by atoms with Crippen LogP contribution in [0.2, 0.25) is 0 Å². The Bertz CT molecular complexity index is 898. The molecule has 2 N–H and O–H groups in total. The van der Waals surface area contributed by atoms with Crippen molar-refractivity contribution in [2.75, 3.05) is 0 Å². The minimum atomic E-state index is -0.929. The SMILES string of the molecule is Cl.O=C(O)c1ccc(CNCc2ccccc2OCc2ccc(F)cc2)cc1. The van der Waals surface area contributed by atoms with E-state index >= 15 is 0 Å². The summed E-state index contributed by atoms with van der Waals surface area (Å²) >= 11 is 0. The summed E-state index contributed by atoms with van der Waals surface area (Å²) in [6, 6.07) is 20.8. The Morgan fingerprint density at radius 1 is 0.893 bits per heavy atom. The molecule has 0 spiro atoms. The topological polar surface area (TPSA) is 58.6 Å². The quantitative estimate of drug-likeness (QED) is 0.568. The van der Waals surface area contributed by atoms with Crippen molar-refractivity contribution < 1.29 is 19.0 Å². The Morgan fingerprint density at radius 3 is 2.21 bits per heavy atom. The zero-order valence-corrected chi connectivity index (χ0v) is 15.9. The van der Waals surface area contributed by atoms with E-state index in [0.717, 1.165) is 22.4 Å². The van der Waals surface area contributed by atoms with Crippen molar-refractivity contribution in [3.63, 3.8) is 0 Å². The number of halogens is 2. The van der Waals surface area contributed by atoms with Crippen molar-refractivity contribution in [3.8, 4) is 5.75 Å². The van der Waals surface area contributed by atoms with Gasteiger partial charge in [0, 0.05) is 18.7 Å². The van der Waals surface area contributed by atoms with Crippen LogP contribution in [-0.4, -0.2) is 11.1 Å². The fourth-order valence-electron chi connectivity index (χ4n) is 2.64. The molecule has 0 aliphatic rings. The van der Waals surface area contributed by atoms with Crippen LogP contribution in [0, 0.1) is 5.82 Å². The molecule has 3 rings (SSSR count). The maximum absolute atomic E-state index is 13.0. The predicted molar refractivity (Wildman–Crippen MR) is 108 cm³/mol. The molecule has 0 atom stereocenters. The Balaban J connectivity index is 0.00000280. The molecule has 6 heteroatoms. The zero-order valence-electron chi connectivity index (χ0n) is 15.1. The number of ether oxygens (including phenoxy) is 1. The number of benzene rings is 3. The summed E-state index contributed by atoms with van der Waals surface area (Å²) in [6.07, 6.45) is 0. The van der Waals surface area contributed by atoms with E-state index < -0.39 is 5.97 Å². The van der Waals surface area contributed by atoms with Gasteiger partial charge in [-0.05, 0) is 41.5 Å². The highest BCUT2D eigenvalue weighted by molar-refractivity contribution is 5.87. The van der Waals surface area contributed by atoms with E-state index in [-0.39, 0.29) is 23.8 Å². The van der Waals surface area contributed by atoms with Gasteiger partial charge >= 0.3 is 5.97 Å². The van der Waals surface area contributed by atoms with Gasteiger partial charge in [-0.15, -0.1) is 12.4 Å². The van der Waals surface area contributed by atoms with Gasteiger partial charge in [0.1, 0.15) is 18.2 Å². The molecule has 3 aromatic rings. The second-order valence-electron chi connectivity index (χ2n) is 6.13. The number of nitrogens with one attached hydrogen (secondary N) is 1. The summed E-state index contributed by atoms with van der Waals surface area (Å²) < 4.78 is 18.9. The fourth-order valence-corrected chi connectivity index (χ4v) is 2.64. The lowest BCUT2D eigenvalue weighted by atomic mass is 10.1. The van der Waals surface area contributed by atoms with Gasteiger partial charge in [0.15, 0.2) is 0 Å². The normalized spacial score (nSPS) is 10.2. The van der Waals surface area contributed by atoms with Gasteiger partial charge in [0.2, 0.25) is 0 Å². The highest BCUT2D eigenvalue weighted by Gasteiger charge is 2.05. The maximum atomic E-state index is 13.0. The van der Waals surface area contributed by atoms with Gasteiger partial charge in [-0.25, -0.2) is 9.18 Å². The van der Waals surface area contributed by atoms with E-state index in [0.29, 0.717) is 19.7 Å². The fraction of sp³-hybridized carbons (Fsp3) is 0.136. The van der Waals surface area contributed by atoms with Crippen LogP contribution in [0.15, 0.2) is 72.8 Å². The first kappa shape index (κ1) is 21.4. The number of carboxylic acids is 1. The van der Waals surface area contributed by atoms with E-state index in [2.05, 4.69) is 5.32 Å². The Morgan fingerprint density at radius 2 is 1.54 bits per heavy atom. The van der Waals surface area contributed by atoms with Crippen molar-refractivity contribution in [2.45, 2.75) is 19.7 Å². The second kappa shape index (κ2) is 10.4. The Labute approximate surface area is 169 Å². The van der Waals surface area contributed by atoms with E-state index in [1.807, 2.05) is 24.3 Å². The van der Waals surface area contributed by atoms with Gasteiger partial charge in [-0.2, -0.15) is 0 Å². The number of aromatic carboxylic acids is 1. The molecule has 4 nitrogen and oxygen atoms in total.